The van der Waals surface area contributed by atoms with Crippen LogP contribution in [0, 0.1) is 5.92 Å². The van der Waals surface area contributed by atoms with Gasteiger partial charge in [-0.05, 0) is 32.4 Å². The highest BCUT2D eigenvalue weighted by Gasteiger charge is 2.27. The molecule has 1 aliphatic rings. The molecule has 5 nitrogen and oxygen atoms in total. The van der Waals surface area contributed by atoms with Crippen molar-refractivity contribution in [3.63, 3.8) is 0 Å². The minimum Gasteiger partial charge on any atom is -0.316 e. The van der Waals surface area contributed by atoms with Crippen LogP contribution >= 0.6 is 0 Å². The highest BCUT2D eigenvalue weighted by Crippen LogP contribution is 2.14. The quantitative estimate of drug-likeness (QED) is 0.698. The maximum absolute atomic E-state index is 11.5. The Labute approximate surface area is 118 Å². The van der Waals surface area contributed by atoms with Gasteiger partial charge in [-0.3, -0.25) is 4.90 Å². The largest absolute Gasteiger partial charge is 0.316 e. The van der Waals surface area contributed by atoms with Crippen LogP contribution in [-0.2, 0) is 10.0 Å². The third-order valence-electron chi connectivity index (χ3n) is 4.03. The summed E-state index contributed by atoms with van der Waals surface area (Å²) >= 11 is 0. The average molecular weight is 291 g/mol. The molecule has 1 N–H and O–H groups in total. The Morgan fingerprint density at radius 2 is 1.74 bits per heavy atom. The van der Waals surface area contributed by atoms with Crippen molar-refractivity contribution in [2.75, 3.05) is 45.5 Å². The normalized spacial score (nSPS) is 22.3. The van der Waals surface area contributed by atoms with Crippen molar-refractivity contribution < 1.29 is 8.42 Å². The number of hydrogen-bond donors (Lipinski definition) is 1. The van der Waals surface area contributed by atoms with Crippen LogP contribution in [0.1, 0.15) is 27.2 Å². The van der Waals surface area contributed by atoms with Gasteiger partial charge < -0.3 is 5.32 Å². The van der Waals surface area contributed by atoms with E-state index in [4.69, 9.17) is 0 Å². The summed E-state index contributed by atoms with van der Waals surface area (Å²) in [7, 11) is -3.02. The van der Waals surface area contributed by atoms with Crippen LogP contribution in [-0.4, -0.2) is 69.2 Å². The molecule has 1 aliphatic heterocycles. The first kappa shape index (κ1) is 16.9. The van der Waals surface area contributed by atoms with Crippen LogP contribution < -0.4 is 5.32 Å². The molecule has 1 saturated heterocycles. The average Bonchev–Trinajstić information content (AvgIpc) is 2.37. The third kappa shape index (κ3) is 5.38. The molecule has 0 bridgehead atoms. The zero-order valence-corrected chi connectivity index (χ0v) is 13.5. The van der Waals surface area contributed by atoms with Gasteiger partial charge in [0.1, 0.15) is 0 Å². The summed E-state index contributed by atoms with van der Waals surface area (Å²) in [6, 6.07) is 0.492. The molecule has 1 rings (SSSR count). The lowest BCUT2D eigenvalue weighted by Gasteiger charge is -2.39. The van der Waals surface area contributed by atoms with E-state index in [2.05, 4.69) is 31.0 Å². The topological polar surface area (TPSA) is 52.6 Å². The van der Waals surface area contributed by atoms with E-state index < -0.39 is 10.0 Å². The van der Waals surface area contributed by atoms with Gasteiger partial charge in [-0.2, -0.15) is 4.31 Å². The molecule has 6 heteroatoms. The van der Waals surface area contributed by atoms with Crippen molar-refractivity contribution in [3.05, 3.63) is 0 Å². The Morgan fingerprint density at radius 1 is 1.16 bits per heavy atom. The van der Waals surface area contributed by atoms with Gasteiger partial charge in [0.2, 0.25) is 10.0 Å². The fraction of sp³-hybridized carbons (Fsp3) is 1.00. The highest BCUT2D eigenvalue weighted by atomic mass is 32.2. The molecule has 0 aromatic heterocycles. The molecule has 1 fully saturated rings. The van der Waals surface area contributed by atoms with E-state index in [0.717, 1.165) is 32.6 Å². The predicted octanol–water partition coefficient (Wildman–Crippen LogP) is 0.588. The van der Waals surface area contributed by atoms with Crippen LogP contribution in [0.4, 0.5) is 0 Å². The van der Waals surface area contributed by atoms with Gasteiger partial charge in [-0.1, -0.05) is 13.8 Å². The number of sulfonamides is 1. The van der Waals surface area contributed by atoms with Gasteiger partial charge in [0.05, 0.1) is 6.26 Å². The molecule has 2 atom stereocenters. The van der Waals surface area contributed by atoms with E-state index >= 15 is 0 Å². The molecule has 0 aromatic rings. The fourth-order valence-corrected chi connectivity index (χ4v) is 3.31. The molecular weight excluding hydrogens is 262 g/mol. The highest BCUT2D eigenvalue weighted by molar-refractivity contribution is 7.88. The molecule has 0 aromatic carbocycles. The Kier molecular flexibility index (Phi) is 6.73. The molecule has 0 saturated carbocycles. The molecule has 1 heterocycles. The van der Waals surface area contributed by atoms with E-state index in [-0.39, 0.29) is 0 Å². The van der Waals surface area contributed by atoms with E-state index in [1.54, 1.807) is 4.31 Å². The lowest BCUT2D eigenvalue weighted by Crippen LogP contribution is -2.53. The van der Waals surface area contributed by atoms with Gasteiger partial charge in [-0.25, -0.2) is 8.42 Å². The van der Waals surface area contributed by atoms with Crippen LogP contribution in [0.3, 0.4) is 0 Å². The molecule has 2 unspecified atom stereocenters. The van der Waals surface area contributed by atoms with Crippen LogP contribution in [0.15, 0.2) is 0 Å². The minimum absolute atomic E-state index is 0.492. The molecule has 0 radical (unpaired) electrons. The van der Waals surface area contributed by atoms with Gasteiger partial charge in [0.15, 0.2) is 0 Å². The Balaban J connectivity index is 2.37. The van der Waals surface area contributed by atoms with Crippen molar-refractivity contribution in [1.29, 1.82) is 0 Å². The smallest absolute Gasteiger partial charge is 0.211 e. The third-order valence-corrected chi connectivity index (χ3v) is 5.34. The van der Waals surface area contributed by atoms with Gasteiger partial charge in [0.25, 0.3) is 0 Å². The van der Waals surface area contributed by atoms with E-state index in [9.17, 15) is 8.42 Å². The Hall–Kier alpha value is -0.170. The second kappa shape index (κ2) is 7.57. The van der Waals surface area contributed by atoms with Crippen molar-refractivity contribution in [2.45, 2.75) is 33.2 Å². The molecule has 0 aliphatic carbocycles. The summed E-state index contributed by atoms with van der Waals surface area (Å²) in [6.45, 7) is 11.7. The molecule has 0 amide bonds. The maximum atomic E-state index is 11.5. The zero-order chi connectivity index (χ0) is 14.5. The van der Waals surface area contributed by atoms with Gasteiger partial charge in [-0.15, -0.1) is 0 Å². The zero-order valence-electron chi connectivity index (χ0n) is 12.7. The second-order valence-electron chi connectivity index (χ2n) is 5.62. The summed E-state index contributed by atoms with van der Waals surface area (Å²) < 4.78 is 24.5. The maximum Gasteiger partial charge on any atom is 0.211 e. The molecule has 0 spiro atoms. The first-order chi connectivity index (χ1) is 8.86. The van der Waals surface area contributed by atoms with E-state index in [1.165, 1.54) is 6.26 Å². The van der Waals surface area contributed by atoms with E-state index in [0.29, 0.717) is 25.0 Å². The number of hydrogen-bond acceptors (Lipinski definition) is 4. The van der Waals surface area contributed by atoms with Crippen molar-refractivity contribution in [3.8, 4) is 0 Å². The number of nitrogens with zero attached hydrogens (tertiary/aromatic N) is 2. The number of nitrogens with one attached hydrogen (secondary N) is 1. The van der Waals surface area contributed by atoms with Crippen molar-refractivity contribution >= 4 is 10.0 Å². The predicted molar refractivity (Wildman–Crippen MR) is 79.8 cm³/mol. The summed E-state index contributed by atoms with van der Waals surface area (Å²) in [5, 5.41) is 3.45. The van der Waals surface area contributed by atoms with Gasteiger partial charge >= 0.3 is 0 Å². The van der Waals surface area contributed by atoms with Crippen molar-refractivity contribution in [2.24, 2.45) is 5.92 Å². The second-order valence-corrected chi connectivity index (χ2v) is 7.60. The number of rotatable bonds is 7. The SMILES string of the molecule is CCCNCC(C)C(C)N1CCN(S(C)(=O)=O)CC1. The molecule has 19 heavy (non-hydrogen) atoms. The Morgan fingerprint density at radius 3 is 2.21 bits per heavy atom. The van der Waals surface area contributed by atoms with Crippen LogP contribution in [0.25, 0.3) is 0 Å². The lowest BCUT2D eigenvalue weighted by atomic mass is 10.0. The summed E-state index contributed by atoms with van der Waals surface area (Å²) in [5.41, 5.74) is 0. The summed E-state index contributed by atoms with van der Waals surface area (Å²) in [4.78, 5) is 2.40. The lowest BCUT2D eigenvalue weighted by molar-refractivity contribution is 0.114. The first-order valence-corrected chi connectivity index (χ1v) is 9.11. The number of piperazine rings is 1. The Bertz CT molecular complexity index is 351. The summed E-state index contributed by atoms with van der Waals surface area (Å²) in [5.74, 6) is 0.580. The van der Waals surface area contributed by atoms with Crippen LogP contribution in [0.5, 0.6) is 0 Å². The summed E-state index contributed by atoms with van der Waals surface area (Å²) in [6.07, 6.45) is 2.46. The van der Waals surface area contributed by atoms with Gasteiger partial charge in [0, 0.05) is 32.2 Å². The first-order valence-electron chi connectivity index (χ1n) is 7.26. The minimum atomic E-state index is -3.02. The van der Waals surface area contributed by atoms with E-state index in [1.807, 2.05) is 0 Å². The molecule has 114 valence electrons. The van der Waals surface area contributed by atoms with Crippen LogP contribution in [0.2, 0.25) is 0 Å². The molecular formula is C13H29N3O2S. The standard InChI is InChI=1S/C13H29N3O2S/c1-5-6-14-11-12(2)13(3)15-7-9-16(10-8-15)19(4,17)18/h12-14H,5-11H2,1-4H3. The van der Waals surface area contributed by atoms with Crippen molar-refractivity contribution in [1.82, 2.24) is 14.5 Å². The fourth-order valence-electron chi connectivity index (χ4n) is 2.48. The monoisotopic (exact) mass is 291 g/mol.